The molecule has 5 heteroatoms. The first-order valence-corrected chi connectivity index (χ1v) is 9.39. The van der Waals surface area contributed by atoms with E-state index in [1.54, 1.807) is 7.11 Å². The van der Waals surface area contributed by atoms with E-state index in [1.165, 1.54) is 0 Å². The van der Waals surface area contributed by atoms with Crippen LogP contribution >= 0.6 is 0 Å². The van der Waals surface area contributed by atoms with Crippen LogP contribution in [0.25, 0.3) is 0 Å². The van der Waals surface area contributed by atoms with Crippen molar-refractivity contribution < 1.29 is 14.3 Å². The highest BCUT2D eigenvalue weighted by Crippen LogP contribution is 2.28. The van der Waals surface area contributed by atoms with E-state index in [4.69, 9.17) is 9.47 Å². The van der Waals surface area contributed by atoms with Gasteiger partial charge in [-0.15, -0.1) is 0 Å². The van der Waals surface area contributed by atoms with Crippen molar-refractivity contribution in [1.29, 1.82) is 0 Å². The highest BCUT2D eigenvalue weighted by atomic mass is 16.5. The number of amides is 1. The van der Waals surface area contributed by atoms with E-state index >= 15 is 0 Å². The first-order chi connectivity index (χ1) is 12.1. The van der Waals surface area contributed by atoms with Gasteiger partial charge in [0.1, 0.15) is 5.75 Å². The van der Waals surface area contributed by atoms with Crippen LogP contribution in [0, 0.1) is 0 Å². The first-order valence-electron chi connectivity index (χ1n) is 9.39. The van der Waals surface area contributed by atoms with E-state index in [9.17, 15) is 4.79 Å². The van der Waals surface area contributed by atoms with Crippen LogP contribution in [0.5, 0.6) is 5.75 Å². The highest BCUT2D eigenvalue weighted by Gasteiger charge is 2.28. The van der Waals surface area contributed by atoms with Crippen molar-refractivity contribution in [2.75, 3.05) is 46.5 Å². The topological polar surface area (TPSA) is 42.0 Å². The summed E-state index contributed by atoms with van der Waals surface area (Å²) in [5.74, 6) is 1.30. The summed E-state index contributed by atoms with van der Waals surface area (Å²) in [5, 5.41) is 0. The molecule has 0 radical (unpaired) electrons. The van der Waals surface area contributed by atoms with Gasteiger partial charge >= 0.3 is 0 Å². The van der Waals surface area contributed by atoms with Gasteiger partial charge in [-0.3, -0.25) is 9.69 Å². The van der Waals surface area contributed by atoms with Crippen molar-refractivity contribution in [2.24, 2.45) is 0 Å². The van der Waals surface area contributed by atoms with Gasteiger partial charge in [0.05, 0.1) is 7.11 Å². The molecule has 0 unspecified atom stereocenters. The molecule has 3 rings (SSSR count). The maximum Gasteiger partial charge on any atom is 0.254 e. The lowest BCUT2D eigenvalue weighted by molar-refractivity contribution is 0.0137. The quantitative estimate of drug-likeness (QED) is 0.841. The average molecular weight is 346 g/mol. The largest absolute Gasteiger partial charge is 0.496 e. The van der Waals surface area contributed by atoms with E-state index < -0.39 is 0 Å². The molecule has 138 valence electrons. The Morgan fingerprint density at radius 2 is 1.84 bits per heavy atom. The number of nitrogens with zero attached hydrogens (tertiary/aromatic N) is 2. The van der Waals surface area contributed by atoms with Gasteiger partial charge in [0.2, 0.25) is 0 Å². The van der Waals surface area contributed by atoms with Gasteiger partial charge in [-0.25, -0.2) is 0 Å². The molecule has 1 aromatic carbocycles. The Bertz CT molecular complexity index is 589. The van der Waals surface area contributed by atoms with Gasteiger partial charge in [-0.05, 0) is 36.5 Å². The molecule has 1 amide bonds. The SMILES string of the molecule is COc1cc(C(=O)N2CCN(C3CCOCC3)CC2)ccc1C(C)C. The van der Waals surface area contributed by atoms with Gasteiger partial charge in [-0.2, -0.15) is 0 Å². The summed E-state index contributed by atoms with van der Waals surface area (Å²) in [6.07, 6.45) is 2.23. The second-order valence-electron chi connectivity index (χ2n) is 7.28. The predicted octanol–water partition coefficient (Wildman–Crippen LogP) is 2.76. The number of rotatable bonds is 4. The van der Waals surface area contributed by atoms with E-state index in [2.05, 4.69) is 18.7 Å². The zero-order valence-corrected chi connectivity index (χ0v) is 15.7. The number of methoxy groups -OCH3 is 1. The molecule has 0 bridgehead atoms. The zero-order chi connectivity index (χ0) is 17.8. The molecule has 0 aromatic heterocycles. The normalized spacial score (nSPS) is 20.1. The molecule has 2 aliphatic heterocycles. The van der Waals surface area contributed by atoms with Crippen LogP contribution in [0.2, 0.25) is 0 Å². The minimum Gasteiger partial charge on any atom is -0.496 e. The molecule has 0 atom stereocenters. The number of piperazine rings is 1. The van der Waals surface area contributed by atoms with E-state index in [0.29, 0.717) is 12.0 Å². The fourth-order valence-corrected chi connectivity index (χ4v) is 3.84. The predicted molar refractivity (Wildman–Crippen MR) is 98.4 cm³/mol. The molecule has 2 saturated heterocycles. The third kappa shape index (κ3) is 4.15. The molecule has 25 heavy (non-hydrogen) atoms. The lowest BCUT2D eigenvalue weighted by Gasteiger charge is -2.40. The van der Waals surface area contributed by atoms with Gasteiger partial charge < -0.3 is 14.4 Å². The Morgan fingerprint density at radius 1 is 1.16 bits per heavy atom. The summed E-state index contributed by atoms with van der Waals surface area (Å²) in [5.41, 5.74) is 1.86. The molecule has 5 nitrogen and oxygen atoms in total. The van der Waals surface area contributed by atoms with Crippen LogP contribution in [0.3, 0.4) is 0 Å². The Morgan fingerprint density at radius 3 is 2.44 bits per heavy atom. The first kappa shape index (κ1) is 18.2. The molecule has 0 spiro atoms. The third-order valence-corrected chi connectivity index (χ3v) is 5.41. The third-order valence-electron chi connectivity index (χ3n) is 5.41. The van der Waals surface area contributed by atoms with E-state index in [1.807, 2.05) is 23.1 Å². The zero-order valence-electron chi connectivity index (χ0n) is 15.7. The summed E-state index contributed by atoms with van der Waals surface area (Å²) in [6.45, 7) is 9.51. The van der Waals surface area contributed by atoms with E-state index in [-0.39, 0.29) is 5.91 Å². The molecule has 0 saturated carbocycles. The molecule has 2 aliphatic rings. The van der Waals surface area contributed by atoms with Crippen molar-refractivity contribution in [2.45, 2.75) is 38.6 Å². The number of hydrogen-bond donors (Lipinski definition) is 0. The number of ether oxygens (including phenoxy) is 2. The summed E-state index contributed by atoms with van der Waals surface area (Å²) in [4.78, 5) is 17.4. The summed E-state index contributed by atoms with van der Waals surface area (Å²) in [6, 6.07) is 6.47. The molecular weight excluding hydrogens is 316 g/mol. The maximum absolute atomic E-state index is 12.9. The van der Waals surface area contributed by atoms with Gasteiger partial charge in [-0.1, -0.05) is 19.9 Å². The second kappa shape index (κ2) is 8.19. The fraction of sp³-hybridized carbons (Fsp3) is 0.650. The number of benzene rings is 1. The Balaban J connectivity index is 1.62. The minimum absolute atomic E-state index is 0.111. The van der Waals surface area contributed by atoms with Crippen molar-refractivity contribution in [3.8, 4) is 5.75 Å². The number of carbonyl (C=O) groups is 1. The Kier molecular flexibility index (Phi) is 5.97. The monoisotopic (exact) mass is 346 g/mol. The van der Waals surface area contributed by atoms with Crippen LogP contribution in [0.4, 0.5) is 0 Å². The van der Waals surface area contributed by atoms with E-state index in [0.717, 1.165) is 69.1 Å². The summed E-state index contributed by atoms with van der Waals surface area (Å²) in [7, 11) is 1.67. The minimum atomic E-state index is 0.111. The van der Waals surface area contributed by atoms with Crippen molar-refractivity contribution in [3.05, 3.63) is 29.3 Å². The highest BCUT2D eigenvalue weighted by molar-refractivity contribution is 5.94. The van der Waals surface area contributed by atoms with Gasteiger partial charge in [0.25, 0.3) is 5.91 Å². The van der Waals surface area contributed by atoms with Crippen LogP contribution in [0.1, 0.15) is 48.5 Å². The van der Waals surface area contributed by atoms with Crippen LogP contribution in [-0.2, 0) is 4.74 Å². The average Bonchev–Trinajstić information content (AvgIpc) is 2.67. The summed E-state index contributed by atoms with van der Waals surface area (Å²) >= 11 is 0. The molecule has 1 aromatic rings. The lowest BCUT2D eigenvalue weighted by atomic mass is 9.99. The molecule has 0 N–H and O–H groups in total. The van der Waals surface area contributed by atoms with Crippen molar-refractivity contribution in [1.82, 2.24) is 9.80 Å². The number of carbonyl (C=O) groups excluding carboxylic acids is 1. The van der Waals surface area contributed by atoms with Crippen molar-refractivity contribution >= 4 is 5.91 Å². The number of hydrogen-bond acceptors (Lipinski definition) is 4. The Hall–Kier alpha value is -1.59. The van der Waals surface area contributed by atoms with Gasteiger partial charge in [0.15, 0.2) is 0 Å². The van der Waals surface area contributed by atoms with Crippen LogP contribution in [0.15, 0.2) is 18.2 Å². The van der Waals surface area contributed by atoms with Gasteiger partial charge in [0, 0.05) is 51.0 Å². The maximum atomic E-state index is 12.9. The molecule has 2 heterocycles. The van der Waals surface area contributed by atoms with Crippen LogP contribution in [-0.4, -0.2) is 68.3 Å². The van der Waals surface area contributed by atoms with Crippen molar-refractivity contribution in [3.63, 3.8) is 0 Å². The fourth-order valence-electron chi connectivity index (χ4n) is 3.84. The smallest absolute Gasteiger partial charge is 0.254 e. The molecular formula is C20H30N2O3. The lowest BCUT2D eigenvalue weighted by Crippen LogP contribution is -2.53. The molecule has 2 fully saturated rings. The summed E-state index contributed by atoms with van der Waals surface area (Å²) < 4.78 is 10.9. The van der Waals surface area contributed by atoms with Crippen LogP contribution < -0.4 is 4.74 Å². The standard InChI is InChI=1S/C20H30N2O3/c1-15(2)18-5-4-16(14-19(18)24-3)20(23)22-10-8-21(9-11-22)17-6-12-25-13-7-17/h4-5,14-15,17H,6-13H2,1-3H3. The second-order valence-corrected chi connectivity index (χ2v) is 7.28. The Labute approximate surface area is 150 Å². The molecule has 0 aliphatic carbocycles.